The molecule has 0 aliphatic rings. The molecule has 0 amide bonds. The van der Waals surface area contributed by atoms with Gasteiger partial charge in [0.05, 0.1) is 0 Å². The Morgan fingerprint density at radius 3 is 2.42 bits per heavy atom. The maximum Gasteiger partial charge on any atom is 1.00 e. The monoisotopic (exact) mass is 180 g/mol. The van der Waals surface area contributed by atoms with Crippen molar-refractivity contribution in [3.63, 3.8) is 0 Å². The summed E-state index contributed by atoms with van der Waals surface area (Å²) in [5.74, 6) is -0.420. The Morgan fingerprint density at radius 2 is 2.08 bits per heavy atom. The van der Waals surface area contributed by atoms with Crippen LogP contribution in [0.4, 0.5) is 0 Å². The summed E-state index contributed by atoms with van der Waals surface area (Å²) >= 11 is 0. The third-order valence-corrected chi connectivity index (χ3v) is 1.75. The van der Waals surface area contributed by atoms with E-state index in [1.165, 1.54) is 0 Å². The number of rotatable bonds is 6. The Bertz CT molecular complexity index is 115. The van der Waals surface area contributed by atoms with Crippen molar-refractivity contribution in [1.82, 2.24) is 0 Å². The van der Waals surface area contributed by atoms with Gasteiger partial charge in [0.25, 0.3) is 0 Å². The normalized spacial score (nSPS) is 11.8. The quantitative estimate of drug-likeness (QED) is 0.442. The van der Waals surface area contributed by atoms with Crippen molar-refractivity contribution in [2.45, 2.75) is 39.5 Å². The van der Waals surface area contributed by atoms with Crippen molar-refractivity contribution < 1.29 is 39.5 Å². The number of carbonyl (C=O) groups is 1. The van der Waals surface area contributed by atoms with Gasteiger partial charge in [0.15, 0.2) is 0 Å². The van der Waals surface area contributed by atoms with Crippen LogP contribution in [0.15, 0.2) is 0 Å². The first kappa shape index (κ1) is 15.0. The molecule has 12 heavy (non-hydrogen) atoms. The van der Waals surface area contributed by atoms with Gasteiger partial charge in [-0.1, -0.05) is 26.7 Å². The van der Waals surface area contributed by atoms with Crippen molar-refractivity contribution in [3.05, 3.63) is 6.42 Å². The van der Waals surface area contributed by atoms with Crippen LogP contribution in [0.1, 0.15) is 39.5 Å². The van der Waals surface area contributed by atoms with Crippen LogP contribution in [-0.4, -0.2) is 11.1 Å². The number of hydrogen-bond donors (Lipinski definition) is 1. The molecule has 1 N–H and O–H groups in total. The third kappa shape index (κ3) is 8.57. The van der Waals surface area contributed by atoms with Gasteiger partial charge in [-0.3, -0.25) is 4.79 Å². The molecule has 0 spiro atoms. The van der Waals surface area contributed by atoms with Crippen LogP contribution in [-0.2, 0) is 4.79 Å². The molecule has 66 valence electrons. The molecule has 0 aromatic carbocycles. The van der Waals surface area contributed by atoms with Crippen LogP contribution >= 0.6 is 0 Å². The van der Waals surface area contributed by atoms with Gasteiger partial charge in [0.1, 0.15) is 0 Å². The molecule has 0 saturated heterocycles. The zero-order valence-electron chi connectivity index (χ0n) is 8.34. The van der Waals surface area contributed by atoms with E-state index >= 15 is 0 Å². The van der Waals surface area contributed by atoms with E-state index < -0.39 is 5.97 Å². The van der Waals surface area contributed by atoms with Gasteiger partial charge in [-0.05, 0) is 0 Å². The van der Waals surface area contributed by atoms with E-state index in [1.54, 1.807) is 0 Å². The first-order chi connectivity index (χ1) is 5.20. The van der Waals surface area contributed by atoms with Crippen molar-refractivity contribution >= 4 is 5.97 Å². The smallest absolute Gasteiger partial charge is 0.481 e. The molecule has 0 aliphatic heterocycles. The summed E-state index contributed by atoms with van der Waals surface area (Å²) in [7, 11) is 0. The zero-order chi connectivity index (χ0) is 8.69. The fraction of sp³-hybridized carbons (Fsp3) is 0.778. The maximum absolute atomic E-state index is 10.3. The van der Waals surface area contributed by atoms with Crippen LogP contribution in [0.25, 0.3) is 0 Å². The second-order valence-electron chi connectivity index (χ2n) is 2.79. The van der Waals surface area contributed by atoms with E-state index in [0.29, 0.717) is 0 Å². The van der Waals surface area contributed by atoms with Crippen LogP contribution in [0.5, 0.6) is 0 Å². The molecule has 0 heterocycles. The SMILES string of the molecule is CCC[CH-]C(CC)CC(=O)O.[Na+]. The van der Waals surface area contributed by atoms with E-state index in [-0.39, 0.29) is 41.9 Å². The summed E-state index contributed by atoms with van der Waals surface area (Å²) < 4.78 is 0. The molecular formula is C9H17NaO2. The largest absolute Gasteiger partial charge is 1.00 e. The van der Waals surface area contributed by atoms with E-state index in [1.807, 2.05) is 6.92 Å². The topological polar surface area (TPSA) is 37.3 Å². The molecule has 0 fully saturated rings. The third-order valence-electron chi connectivity index (χ3n) is 1.75. The van der Waals surface area contributed by atoms with Gasteiger partial charge in [0.2, 0.25) is 0 Å². The van der Waals surface area contributed by atoms with Gasteiger partial charge in [-0.2, -0.15) is 12.3 Å². The predicted octanol–water partition coefficient (Wildman–Crippen LogP) is -0.504. The summed E-state index contributed by atoms with van der Waals surface area (Å²) in [6.07, 6.45) is 5.48. The molecule has 2 nitrogen and oxygen atoms in total. The van der Waals surface area contributed by atoms with E-state index in [0.717, 1.165) is 19.3 Å². The first-order valence-corrected chi connectivity index (χ1v) is 4.25. The van der Waals surface area contributed by atoms with Crippen molar-refractivity contribution in [1.29, 1.82) is 0 Å². The second kappa shape index (κ2) is 9.56. The summed E-state index contributed by atoms with van der Waals surface area (Å²) in [5.41, 5.74) is 0. The van der Waals surface area contributed by atoms with Crippen molar-refractivity contribution in [3.8, 4) is 0 Å². The summed E-state index contributed by atoms with van der Waals surface area (Å²) in [4.78, 5) is 10.3. The molecule has 0 aliphatic carbocycles. The van der Waals surface area contributed by atoms with Crippen molar-refractivity contribution in [2.75, 3.05) is 0 Å². The van der Waals surface area contributed by atoms with Crippen LogP contribution < -0.4 is 29.6 Å². The first-order valence-electron chi connectivity index (χ1n) is 4.25. The molecule has 0 rings (SSSR count). The molecule has 1 unspecified atom stereocenters. The minimum absolute atomic E-state index is 0. The molecule has 0 bridgehead atoms. The number of carboxylic acids is 1. The van der Waals surface area contributed by atoms with Gasteiger partial charge in [-0.15, -0.1) is 0 Å². The molecular weight excluding hydrogens is 163 g/mol. The Morgan fingerprint density at radius 1 is 1.50 bits per heavy atom. The van der Waals surface area contributed by atoms with Crippen LogP contribution in [0, 0.1) is 12.3 Å². The Balaban J connectivity index is 0. The van der Waals surface area contributed by atoms with E-state index in [2.05, 4.69) is 13.3 Å². The van der Waals surface area contributed by atoms with E-state index in [9.17, 15) is 4.79 Å². The van der Waals surface area contributed by atoms with Crippen LogP contribution in [0.2, 0.25) is 0 Å². The number of carboxylic acid groups (broad SMARTS) is 1. The summed E-state index contributed by atoms with van der Waals surface area (Å²) in [5, 5.41) is 8.49. The van der Waals surface area contributed by atoms with Gasteiger partial charge >= 0.3 is 35.5 Å². The minimum Gasteiger partial charge on any atom is -0.481 e. The Labute approximate surface area is 97.0 Å². The number of aliphatic carboxylic acids is 1. The Hall–Kier alpha value is 0.470. The second-order valence-corrected chi connectivity index (χ2v) is 2.79. The number of hydrogen-bond acceptors (Lipinski definition) is 1. The Kier molecular flexibility index (Phi) is 11.9. The number of unbranched alkanes of at least 4 members (excludes halogenated alkanes) is 1. The summed E-state index contributed by atoms with van der Waals surface area (Å²) in [6, 6.07) is 0. The fourth-order valence-corrected chi connectivity index (χ4v) is 1.02. The van der Waals surface area contributed by atoms with Gasteiger partial charge < -0.3 is 11.5 Å². The average Bonchev–Trinajstić information content (AvgIpc) is 1.97. The van der Waals surface area contributed by atoms with Crippen LogP contribution in [0.3, 0.4) is 0 Å². The molecule has 0 aromatic heterocycles. The van der Waals surface area contributed by atoms with E-state index in [4.69, 9.17) is 5.11 Å². The average molecular weight is 180 g/mol. The van der Waals surface area contributed by atoms with Gasteiger partial charge in [-0.25, -0.2) is 0 Å². The molecule has 0 saturated carbocycles. The fourth-order valence-electron chi connectivity index (χ4n) is 1.02. The minimum atomic E-state index is -0.691. The predicted molar refractivity (Wildman–Crippen MR) is 45.2 cm³/mol. The maximum atomic E-state index is 10.3. The summed E-state index contributed by atoms with van der Waals surface area (Å²) in [6.45, 7) is 4.13. The zero-order valence-corrected chi connectivity index (χ0v) is 10.3. The van der Waals surface area contributed by atoms with Gasteiger partial charge in [0, 0.05) is 6.42 Å². The molecule has 0 aromatic rings. The molecule has 1 atom stereocenters. The molecule has 0 radical (unpaired) electrons. The standard InChI is InChI=1S/C9H17O2.Na/c1-3-5-6-8(4-2)7-9(10)11;/h6,8H,3-5,7H2,1-2H3,(H,10,11);/q-1;+1. The molecule has 3 heteroatoms. The van der Waals surface area contributed by atoms with Crippen molar-refractivity contribution in [2.24, 2.45) is 5.92 Å².